The summed E-state index contributed by atoms with van der Waals surface area (Å²) in [6, 6.07) is 10.7. The van der Waals surface area contributed by atoms with Gasteiger partial charge in [0.15, 0.2) is 12.4 Å². The van der Waals surface area contributed by atoms with Crippen LogP contribution in [0.5, 0.6) is 5.75 Å². The van der Waals surface area contributed by atoms with Gasteiger partial charge in [0.2, 0.25) is 0 Å². The van der Waals surface area contributed by atoms with Gasteiger partial charge in [0, 0.05) is 25.0 Å². The van der Waals surface area contributed by atoms with Crippen LogP contribution in [0, 0.1) is 0 Å². The summed E-state index contributed by atoms with van der Waals surface area (Å²) in [5.74, 6) is 1.41. The summed E-state index contributed by atoms with van der Waals surface area (Å²) >= 11 is 0. The molecule has 0 saturated heterocycles. The Bertz CT molecular complexity index is 962. The molecule has 2 heterocycles. The lowest BCUT2D eigenvalue weighted by Gasteiger charge is -2.10. The van der Waals surface area contributed by atoms with Gasteiger partial charge in [-0.3, -0.25) is 14.2 Å². The zero-order valence-electron chi connectivity index (χ0n) is 15.9. The molecule has 0 spiro atoms. The van der Waals surface area contributed by atoms with E-state index in [-0.39, 0.29) is 31.2 Å². The van der Waals surface area contributed by atoms with Gasteiger partial charge in [-0.25, -0.2) is 9.67 Å². The molecular formula is C20H23N5O3. The number of benzene rings is 1. The Balaban J connectivity index is 1.47. The van der Waals surface area contributed by atoms with Gasteiger partial charge in [0.25, 0.3) is 11.5 Å². The summed E-state index contributed by atoms with van der Waals surface area (Å²) in [5, 5.41) is 7.00. The lowest BCUT2D eigenvalue weighted by Crippen LogP contribution is -2.34. The number of nitrogens with one attached hydrogen (secondary N) is 1. The van der Waals surface area contributed by atoms with E-state index >= 15 is 0 Å². The largest absolute Gasteiger partial charge is 0.484 e. The molecule has 146 valence electrons. The smallest absolute Gasteiger partial charge is 0.266 e. The maximum Gasteiger partial charge on any atom is 0.266 e. The minimum atomic E-state index is -0.258. The van der Waals surface area contributed by atoms with E-state index in [1.54, 1.807) is 29.4 Å². The Hall–Kier alpha value is -3.42. The van der Waals surface area contributed by atoms with Crippen LogP contribution in [0.4, 0.5) is 0 Å². The first kappa shape index (κ1) is 19.3. The molecule has 3 aromatic rings. The molecule has 0 unspecified atom stereocenters. The van der Waals surface area contributed by atoms with Crippen molar-refractivity contribution in [2.75, 3.05) is 13.2 Å². The number of amides is 1. The van der Waals surface area contributed by atoms with Gasteiger partial charge in [-0.1, -0.05) is 26.0 Å². The van der Waals surface area contributed by atoms with Gasteiger partial charge in [-0.15, -0.1) is 0 Å². The molecule has 0 aliphatic carbocycles. The number of imidazole rings is 1. The fraction of sp³-hybridized carbons (Fsp3) is 0.300. The molecule has 8 heteroatoms. The first-order chi connectivity index (χ1) is 13.5. The van der Waals surface area contributed by atoms with Crippen molar-refractivity contribution in [2.45, 2.75) is 26.3 Å². The van der Waals surface area contributed by atoms with Gasteiger partial charge in [0.1, 0.15) is 12.1 Å². The molecule has 2 aromatic heterocycles. The highest BCUT2D eigenvalue weighted by Gasteiger charge is 2.06. The van der Waals surface area contributed by atoms with Gasteiger partial charge in [-0.2, -0.15) is 5.10 Å². The highest BCUT2D eigenvalue weighted by molar-refractivity contribution is 5.77. The van der Waals surface area contributed by atoms with E-state index in [1.165, 1.54) is 16.3 Å². The van der Waals surface area contributed by atoms with Crippen molar-refractivity contribution in [1.29, 1.82) is 0 Å². The van der Waals surface area contributed by atoms with E-state index in [1.807, 2.05) is 24.3 Å². The Kier molecular flexibility index (Phi) is 6.21. The van der Waals surface area contributed by atoms with Crippen molar-refractivity contribution in [2.24, 2.45) is 0 Å². The van der Waals surface area contributed by atoms with E-state index in [0.29, 0.717) is 17.5 Å². The number of carbonyl (C=O) groups excluding carboxylic acids is 1. The standard InChI is InChI=1S/C20H23N5O3/c1-15(2)16-3-5-17(6-4-16)28-13-19(26)22-10-12-25-20(27)8-7-18(23-25)24-11-9-21-14-24/h3-9,11,14-15H,10,12-13H2,1-2H3,(H,22,26). The lowest BCUT2D eigenvalue weighted by atomic mass is 10.0. The minimum absolute atomic E-state index is 0.0849. The first-order valence-electron chi connectivity index (χ1n) is 9.09. The fourth-order valence-corrected chi connectivity index (χ4v) is 2.58. The zero-order valence-corrected chi connectivity index (χ0v) is 15.9. The minimum Gasteiger partial charge on any atom is -0.484 e. The molecule has 28 heavy (non-hydrogen) atoms. The van der Waals surface area contributed by atoms with Crippen molar-refractivity contribution in [3.8, 4) is 11.6 Å². The van der Waals surface area contributed by atoms with Gasteiger partial charge in [0.05, 0.1) is 6.54 Å². The molecule has 3 rings (SSSR count). The van der Waals surface area contributed by atoms with Gasteiger partial charge >= 0.3 is 0 Å². The Morgan fingerprint density at radius 3 is 2.64 bits per heavy atom. The van der Waals surface area contributed by atoms with Crippen LogP contribution >= 0.6 is 0 Å². The average molecular weight is 381 g/mol. The quantitative estimate of drug-likeness (QED) is 0.642. The SMILES string of the molecule is CC(C)c1ccc(OCC(=O)NCCn2nc(-n3ccnc3)ccc2=O)cc1. The molecule has 1 N–H and O–H groups in total. The average Bonchev–Trinajstić information content (AvgIpc) is 3.23. The van der Waals surface area contributed by atoms with Crippen molar-refractivity contribution in [1.82, 2.24) is 24.6 Å². The van der Waals surface area contributed by atoms with Crippen LogP contribution < -0.4 is 15.6 Å². The lowest BCUT2D eigenvalue weighted by molar-refractivity contribution is -0.123. The maximum atomic E-state index is 12.0. The number of hydrogen-bond donors (Lipinski definition) is 1. The molecule has 0 fully saturated rings. The van der Waals surface area contributed by atoms with Gasteiger partial charge < -0.3 is 10.1 Å². The molecule has 0 radical (unpaired) electrons. The fourth-order valence-electron chi connectivity index (χ4n) is 2.58. The molecule has 0 saturated carbocycles. The van der Waals surface area contributed by atoms with E-state index < -0.39 is 0 Å². The summed E-state index contributed by atoms with van der Waals surface area (Å²) in [7, 11) is 0. The highest BCUT2D eigenvalue weighted by atomic mass is 16.5. The second-order valence-corrected chi connectivity index (χ2v) is 6.59. The van der Waals surface area contributed by atoms with E-state index in [9.17, 15) is 9.59 Å². The molecule has 1 amide bonds. The molecule has 0 aliphatic heterocycles. The number of aromatic nitrogens is 4. The van der Waals surface area contributed by atoms with Crippen LogP contribution in [0.2, 0.25) is 0 Å². The number of hydrogen-bond acceptors (Lipinski definition) is 5. The normalized spacial score (nSPS) is 10.8. The predicted octanol–water partition coefficient (Wildman–Crippen LogP) is 1.75. The maximum absolute atomic E-state index is 12.0. The summed E-state index contributed by atoms with van der Waals surface area (Å²) in [5.41, 5.74) is 0.979. The Morgan fingerprint density at radius 1 is 1.18 bits per heavy atom. The molecule has 1 aromatic carbocycles. The van der Waals surface area contributed by atoms with E-state index in [4.69, 9.17) is 4.74 Å². The van der Waals surface area contributed by atoms with Crippen LogP contribution in [0.3, 0.4) is 0 Å². The van der Waals surface area contributed by atoms with Crippen LogP contribution in [-0.4, -0.2) is 38.4 Å². The number of nitrogens with zero attached hydrogens (tertiary/aromatic N) is 4. The molecule has 8 nitrogen and oxygen atoms in total. The number of rotatable bonds is 8. The van der Waals surface area contributed by atoms with Crippen LogP contribution in [0.15, 0.2) is 59.9 Å². The third-order valence-corrected chi connectivity index (χ3v) is 4.18. The molecule has 0 aliphatic rings. The van der Waals surface area contributed by atoms with Crippen molar-refractivity contribution >= 4 is 5.91 Å². The monoisotopic (exact) mass is 381 g/mol. The van der Waals surface area contributed by atoms with Crippen LogP contribution in [0.25, 0.3) is 5.82 Å². The van der Waals surface area contributed by atoms with Crippen molar-refractivity contribution in [3.05, 3.63) is 71.0 Å². The second-order valence-electron chi connectivity index (χ2n) is 6.59. The van der Waals surface area contributed by atoms with Gasteiger partial charge in [-0.05, 0) is 29.7 Å². The highest BCUT2D eigenvalue weighted by Crippen LogP contribution is 2.18. The first-order valence-corrected chi connectivity index (χ1v) is 9.09. The number of carbonyl (C=O) groups is 1. The zero-order chi connectivity index (χ0) is 19.9. The van der Waals surface area contributed by atoms with Crippen molar-refractivity contribution in [3.63, 3.8) is 0 Å². The van der Waals surface area contributed by atoms with Crippen LogP contribution in [0.1, 0.15) is 25.3 Å². The Morgan fingerprint density at radius 2 is 1.96 bits per heavy atom. The van der Waals surface area contributed by atoms with E-state index in [2.05, 4.69) is 29.2 Å². The van der Waals surface area contributed by atoms with E-state index in [0.717, 1.165) is 0 Å². The summed E-state index contributed by atoms with van der Waals surface area (Å²) in [6.45, 7) is 4.69. The topological polar surface area (TPSA) is 91.0 Å². The summed E-state index contributed by atoms with van der Waals surface area (Å²) < 4.78 is 8.50. The second kappa shape index (κ2) is 8.98. The third kappa shape index (κ3) is 5.06. The third-order valence-electron chi connectivity index (χ3n) is 4.18. The molecule has 0 atom stereocenters. The molecular weight excluding hydrogens is 358 g/mol. The number of ether oxygens (including phenoxy) is 1. The Labute approximate surface area is 162 Å². The summed E-state index contributed by atoms with van der Waals surface area (Å²) in [4.78, 5) is 27.9. The summed E-state index contributed by atoms with van der Waals surface area (Å²) in [6.07, 6.45) is 4.97. The predicted molar refractivity (Wildman–Crippen MR) is 105 cm³/mol. The molecule has 0 bridgehead atoms. The van der Waals surface area contributed by atoms with Crippen molar-refractivity contribution < 1.29 is 9.53 Å². The van der Waals surface area contributed by atoms with Crippen LogP contribution in [-0.2, 0) is 11.3 Å².